The molecule has 0 fully saturated rings. The molecular weight excluding hydrogens is 200 g/mol. The summed E-state index contributed by atoms with van der Waals surface area (Å²) in [6.07, 6.45) is 0. The maximum atomic E-state index is 12.9. The first-order valence-electron chi connectivity index (χ1n) is 3.44. The normalized spacial score (nSPS) is 10.2. The lowest BCUT2D eigenvalue weighted by atomic mass is 10.1. The molecule has 0 unspecified atom stereocenters. The minimum atomic E-state index is -1.21. The molecule has 0 aliphatic heterocycles. The van der Waals surface area contributed by atoms with Gasteiger partial charge in [-0.25, -0.2) is 8.78 Å². The van der Waals surface area contributed by atoms with Crippen molar-refractivity contribution in [3.05, 3.63) is 34.4 Å². The first-order valence-corrected chi connectivity index (χ1v) is 3.82. The van der Waals surface area contributed by atoms with E-state index in [4.69, 9.17) is 17.3 Å². The highest BCUT2D eigenvalue weighted by Crippen LogP contribution is 2.18. The van der Waals surface area contributed by atoms with Gasteiger partial charge in [0.15, 0.2) is 17.4 Å². The highest BCUT2D eigenvalue weighted by atomic mass is 35.5. The van der Waals surface area contributed by atoms with Crippen LogP contribution >= 0.6 is 11.6 Å². The molecule has 0 saturated heterocycles. The maximum Gasteiger partial charge on any atom is 0.179 e. The largest absolute Gasteiger partial charge is 0.324 e. The second kappa shape index (κ2) is 3.81. The summed E-state index contributed by atoms with van der Waals surface area (Å²) in [5, 5.41) is -0.0318. The summed E-state index contributed by atoms with van der Waals surface area (Å²) in [5.74, 6) is -3.04. The zero-order valence-electron chi connectivity index (χ0n) is 6.48. The van der Waals surface area contributed by atoms with Crippen LogP contribution in [0.4, 0.5) is 8.78 Å². The number of Topliss-reactive ketones (excluding diaryl/α,β-unsaturated/α-hetero) is 1. The summed E-state index contributed by atoms with van der Waals surface area (Å²) < 4.78 is 25.6. The third-order valence-corrected chi connectivity index (χ3v) is 1.70. The van der Waals surface area contributed by atoms with Gasteiger partial charge in [-0.15, -0.1) is 0 Å². The van der Waals surface area contributed by atoms with Crippen molar-refractivity contribution in [3.63, 3.8) is 0 Å². The van der Waals surface area contributed by atoms with E-state index in [2.05, 4.69) is 0 Å². The molecule has 0 aromatic heterocycles. The Morgan fingerprint density at radius 2 is 2.08 bits per heavy atom. The molecule has 1 rings (SSSR count). The van der Waals surface area contributed by atoms with Gasteiger partial charge in [0.05, 0.1) is 12.1 Å². The predicted molar refractivity (Wildman–Crippen MR) is 44.8 cm³/mol. The number of hydrogen-bond donors (Lipinski definition) is 1. The molecule has 5 heteroatoms. The second-order valence-electron chi connectivity index (χ2n) is 2.38. The minimum Gasteiger partial charge on any atom is -0.324 e. The molecule has 1 aromatic rings. The molecule has 2 nitrogen and oxygen atoms in total. The Hall–Kier alpha value is -1.00. The summed E-state index contributed by atoms with van der Waals surface area (Å²) in [4.78, 5) is 10.9. The smallest absolute Gasteiger partial charge is 0.179 e. The average Bonchev–Trinajstić information content (AvgIpc) is 2.10. The van der Waals surface area contributed by atoms with Crippen LogP contribution in [0.2, 0.25) is 5.02 Å². The number of carbonyl (C=O) groups excluding carboxylic acids is 1. The molecular formula is C8H6ClF2NO. The van der Waals surface area contributed by atoms with Gasteiger partial charge in [-0.3, -0.25) is 4.79 Å². The van der Waals surface area contributed by atoms with E-state index < -0.39 is 23.0 Å². The Bertz CT molecular complexity index is 354. The lowest BCUT2D eigenvalue weighted by Crippen LogP contribution is -2.15. The number of halogens is 3. The summed E-state index contributed by atoms with van der Waals surface area (Å²) in [6.45, 7) is -0.378. The van der Waals surface area contributed by atoms with Crippen molar-refractivity contribution in [3.8, 4) is 0 Å². The molecule has 0 atom stereocenters. The molecule has 0 radical (unpaired) electrons. The fraction of sp³-hybridized carbons (Fsp3) is 0.125. The molecule has 1 aromatic carbocycles. The van der Waals surface area contributed by atoms with Crippen LogP contribution in [0.3, 0.4) is 0 Å². The number of carbonyl (C=O) groups is 1. The van der Waals surface area contributed by atoms with Gasteiger partial charge in [-0.2, -0.15) is 0 Å². The Balaban J connectivity index is 3.28. The Labute approximate surface area is 78.3 Å². The number of hydrogen-bond acceptors (Lipinski definition) is 2. The third-order valence-electron chi connectivity index (χ3n) is 1.48. The minimum absolute atomic E-state index is 0.0318. The van der Waals surface area contributed by atoms with E-state index in [0.717, 1.165) is 12.1 Å². The molecule has 13 heavy (non-hydrogen) atoms. The van der Waals surface area contributed by atoms with Crippen molar-refractivity contribution >= 4 is 17.4 Å². The molecule has 0 aliphatic rings. The molecule has 0 bridgehead atoms. The Kier molecular flexibility index (Phi) is 2.95. The van der Waals surface area contributed by atoms with Crippen LogP contribution in [0, 0.1) is 11.6 Å². The molecule has 2 N–H and O–H groups in total. The van der Waals surface area contributed by atoms with Gasteiger partial charge >= 0.3 is 0 Å². The van der Waals surface area contributed by atoms with Crippen molar-refractivity contribution in [2.45, 2.75) is 0 Å². The molecule has 0 amide bonds. The first kappa shape index (κ1) is 10.1. The Morgan fingerprint density at radius 1 is 1.46 bits per heavy atom. The SMILES string of the molecule is NCC(=O)c1cc(Cl)cc(F)c1F. The van der Waals surface area contributed by atoms with Crippen LogP contribution < -0.4 is 5.73 Å². The van der Waals surface area contributed by atoms with E-state index in [-0.39, 0.29) is 11.6 Å². The van der Waals surface area contributed by atoms with Gasteiger partial charge in [0.1, 0.15) is 0 Å². The summed E-state index contributed by atoms with van der Waals surface area (Å²) in [7, 11) is 0. The summed E-state index contributed by atoms with van der Waals surface area (Å²) in [5.41, 5.74) is 4.58. The zero-order valence-corrected chi connectivity index (χ0v) is 7.24. The third kappa shape index (κ3) is 2.02. The van der Waals surface area contributed by atoms with Crippen molar-refractivity contribution in [2.24, 2.45) is 5.73 Å². The van der Waals surface area contributed by atoms with Gasteiger partial charge < -0.3 is 5.73 Å². The van der Waals surface area contributed by atoms with Crippen LogP contribution in [0.1, 0.15) is 10.4 Å². The standard InChI is InChI=1S/C8H6ClF2NO/c9-4-1-5(7(13)3-12)8(11)6(10)2-4/h1-2H,3,12H2. The summed E-state index contributed by atoms with van der Waals surface area (Å²) in [6, 6.07) is 1.85. The van der Waals surface area contributed by atoms with Gasteiger partial charge in [-0.1, -0.05) is 11.6 Å². The van der Waals surface area contributed by atoms with Crippen LogP contribution in [0.15, 0.2) is 12.1 Å². The Morgan fingerprint density at radius 3 is 2.62 bits per heavy atom. The van der Waals surface area contributed by atoms with E-state index in [1.54, 1.807) is 0 Å². The van der Waals surface area contributed by atoms with E-state index in [1.165, 1.54) is 0 Å². The second-order valence-corrected chi connectivity index (χ2v) is 2.81. The van der Waals surface area contributed by atoms with E-state index >= 15 is 0 Å². The van der Waals surface area contributed by atoms with Crippen LogP contribution in [0.25, 0.3) is 0 Å². The predicted octanol–water partition coefficient (Wildman–Crippen LogP) is 1.76. The number of benzene rings is 1. The zero-order chi connectivity index (χ0) is 10.0. The fourth-order valence-corrected chi connectivity index (χ4v) is 1.07. The summed E-state index contributed by atoms with van der Waals surface area (Å²) >= 11 is 5.42. The number of ketones is 1. The molecule has 0 spiro atoms. The van der Waals surface area contributed by atoms with Crippen molar-refractivity contribution in [1.29, 1.82) is 0 Å². The van der Waals surface area contributed by atoms with Crippen LogP contribution in [0.5, 0.6) is 0 Å². The van der Waals surface area contributed by atoms with E-state index in [0.29, 0.717) is 0 Å². The monoisotopic (exact) mass is 205 g/mol. The molecule has 0 saturated carbocycles. The number of nitrogens with two attached hydrogens (primary N) is 1. The van der Waals surface area contributed by atoms with E-state index in [1.807, 2.05) is 0 Å². The highest BCUT2D eigenvalue weighted by molar-refractivity contribution is 6.31. The van der Waals surface area contributed by atoms with Crippen LogP contribution in [-0.2, 0) is 0 Å². The van der Waals surface area contributed by atoms with Gasteiger partial charge in [0.2, 0.25) is 0 Å². The van der Waals surface area contributed by atoms with E-state index in [9.17, 15) is 13.6 Å². The maximum absolute atomic E-state index is 12.9. The van der Waals surface area contributed by atoms with Crippen molar-refractivity contribution in [2.75, 3.05) is 6.54 Å². The van der Waals surface area contributed by atoms with Crippen molar-refractivity contribution < 1.29 is 13.6 Å². The lowest BCUT2D eigenvalue weighted by Gasteiger charge is -2.01. The lowest BCUT2D eigenvalue weighted by molar-refractivity contribution is 0.0996. The van der Waals surface area contributed by atoms with Crippen LogP contribution in [-0.4, -0.2) is 12.3 Å². The van der Waals surface area contributed by atoms with Gasteiger partial charge in [-0.05, 0) is 12.1 Å². The first-order chi connectivity index (χ1) is 6.06. The van der Waals surface area contributed by atoms with Crippen molar-refractivity contribution in [1.82, 2.24) is 0 Å². The number of rotatable bonds is 2. The molecule has 0 aliphatic carbocycles. The molecule has 70 valence electrons. The quantitative estimate of drug-likeness (QED) is 0.591. The fourth-order valence-electron chi connectivity index (χ4n) is 0.869. The highest BCUT2D eigenvalue weighted by Gasteiger charge is 2.15. The van der Waals surface area contributed by atoms with Gasteiger partial charge in [0, 0.05) is 5.02 Å². The topological polar surface area (TPSA) is 43.1 Å². The van der Waals surface area contributed by atoms with Gasteiger partial charge in [0.25, 0.3) is 0 Å². The average molecular weight is 206 g/mol. The molecule has 0 heterocycles.